The van der Waals surface area contributed by atoms with E-state index in [1.165, 1.54) is 23.3 Å². The Morgan fingerprint density at radius 1 is 0.564 bits per heavy atom. The lowest BCUT2D eigenvalue weighted by Gasteiger charge is -2.35. The first-order chi connectivity index (χ1) is 37.5. The van der Waals surface area contributed by atoms with Crippen molar-refractivity contribution in [3.8, 4) is 0 Å². The number of anilines is 2. The number of carbonyl (C=O) groups is 1. The Balaban J connectivity index is 1.41. The molecule has 2 N–H and O–H groups in total. The smallest absolute Gasteiger partial charge is 0.261 e. The van der Waals surface area contributed by atoms with Gasteiger partial charge in [0, 0.05) is 77.5 Å². The summed E-state index contributed by atoms with van der Waals surface area (Å²) in [6.07, 6.45) is 19.8. The molecule has 0 aromatic heterocycles. The minimum atomic E-state index is -4.27. The molecule has 0 saturated heterocycles. The van der Waals surface area contributed by atoms with E-state index in [4.69, 9.17) is 0 Å². The third-order valence-electron chi connectivity index (χ3n) is 15.3. The second-order valence-electron chi connectivity index (χ2n) is 21.3. The van der Waals surface area contributed by atoms with Gasteiger partial charge in [0.1, 0.15) is 0 Å². The first kappa shape index (κ1) is 59.2. The molecule has 0 fully saturated rings. The van der Waals surface area contributed by atoms with Crippen LogP contribution in [0.25, 0.3) is 5.57 Å². The highest BCUT2D eigenvalue weighted by Crippen LogP contribution is 2.43. The Morgan fingerprint density at radius 2 is 1.04 bits per heavy atom. The Morgan fingerprint density at radius 3 is 1.49 bits per heavy atom. The average molecular weight is 1090 g/mol. The van der Waals surface area contributed by atoms with Gasteiger partial charge >= 0.3 is 0 Å². The van der Waals surface area contributed by atoms with Gasteiger partial charge in [0.2, 0.25) is 17.1 Å². The topological polar surface area (TPSA) is 139 Å². The van der Waals surface area contributed by atoms with Gasteiger partial charge in [-0.25, -0.2) is 16.8 Å². The summed E-state index contributed by atoms with van der Waals surface area (Å²) in [5.41, 5.74) is 7.31. The van der Waals surface area contributed by atoms with E-state index in [2.05, 4.69) is 104 Å². The standard InChI is InChI=1S/C66H82N4O6S2/c1-9-15-19-49(13-5)45-69(46-50(14-6)20-16-10-2)55-35-41-59(61(43-55)67-77(73,74)57-37-23-47(7)24-38-57)63-65(71)64(66(63)72)60-42-36-56(44-62(60)68-78(75,76)58-39-25-48(8)26-40-58)70(53-31-27-51(28-32-53)21-17-11-3)54-33-29-52(30-34-54)22-18-12-4/h23-44,49-50H,9-22,45-46H2,1-8H3,(H2,67,68,71,72). The van der Waals surface area contributed by atoms with Crippen LogP contribution in [0.1, 0.15) is 146 Å². The van der Waals surface area contributed by atoms with Crippen LogP contribution in [-0.2, 0) is 37.7 Å². The largest absolute Gasteiger partial charge is 0.871 e. The van der Waals surface area contributed by atoms with Crippen molar-refractivity contribution in [2.45, 2.75) is 155 Å². The molecule has 2 atom stereocenters. The van der Waals surface area contributed by atoms with Gasteiger partial charge in [-0.3, -0.25) is 14.2 Å². The fourth-order valence-electron chi connectivity index (χ4n) is 10.3. The number of nitrogens with one attached hydrogen (secondary N) is 2. The molecule has 0 spiro atoms. The molecule has 2 unspecified atom stereocenters. The van der Waals surface area contributed by atoms with Crippen LogP contribution in [0.2, 0.25) is 0 Å². The van der Waals surface area contributed by atoms with E-state index >= 15 is 9.90 Å². The summed E-state index contributed by atoms with van der Waals surface area (Å²) >= 11 is 0. The van der Waals surface area contributed by atoms with Crippen molar-refractivity contribution in [3.05, 3.63) is 184 Å². The maximum absolute atomic E-state index is 15.0. The molecule has 5 aromatic carbocycles. The summed E-state index contributed by atoms with van der Waals surface area (Å²) in [6, 6.07) is 35.1. The highest BCUT2D eigenvalue weighted by atomic mass is 32.2. The van der Waals surface area contributed by atoms with Crippen molar-refractivity contribution in [1.82, 2.24) is 9.30 Å². The van der Waals surface area contributed by atoms with Crippen LogP contribution in [0, 0.1) is 25.7 Å². The first-order valence-corrected chi connectivity index (χ1v) is 31.5. The molecule has 0 saturated carbocycles. The van der Waals surface area contributed by atoms with Crippen LogP contribution in [0.4, 0.5) is 22.7 Å². The molecule has 5 aromatic rings. The number of unbranched alkanes of at least 4 members (excludes halogenated alkanes) is 4. The maximum atomic E-state index is 15.0. The molecule has 414 valence electrons. The van der Waals surface area contributed by atoms with Crippen LogP contribution in [0.3, 0.4) is 0 Å². The minimum Gasteiger partial charge on any atom is -0.871 e. The molecule has 0 amide bonds. The normalized spacial score (nSPS) is 15.5. The molecule has 0 radical (unpaired) electrons. The molecule has 2 aliphatic carbocycles. The van der Waals surface area contributed by atoms with Crippen molar-refractivity contribution in [2.24, 2.45) is 11.8 Å². The van der Waals surface area contributed by atoms with Crippen molar-refractivity contribution in [2.75, 3.05) is 22.7 Å². The van der Waals surface area contributed by atoms with E-state index in [0.717, 1.165) is 131 Å². The lowest BCUT2D eigenvalue weighted by atomic mass is 9.79. The van der Waals surface area contributed by atoms with Crippen LogP contribution >= 0.6 is 0 Å². The van der Waals surface area contributed by atoms with E-state index in [0.29, 0.717) is 17.5 Å². The number of benzene rings is 5. The van der Waals surface area contributed by atoms with Gasteiger partial charge in [0.25, 0.3) is 20.0 Å². The van der Waals surface area contributed by atoms with Crippen LogP contribution in [0.5, 0.6) is 0 Å². The molecule has 0 aliphatic heterocycles. The Kier molecular flexibility index (Phi) is 20.8. The molecule has 10 nitrogen and oxygen atoms in total. The van der Waals surface area contributed by atoms with E-state index in [1.54, 1.807) is 66.8 Å². The summed E-state index contributed by atoms with van der Waals surface area (Å²) in [5.74, 6) is -0.430. The van der Waals surface area contributed by atoms with Gasteiger partial charge in [0.05, 0.1) is 21.2 Å². The SMILES string of the molecule is CCCCc1ccc([N+](=C2C=C/C(=C3\C(=O)C(c4ccc(N(CC(CC)CCCC)CC(CC)CCCC)cc4NS(=O)(=O)c4ccc(C)cc4)=C3[O-])C(NS(=O)(=O)c3ccc(C)cc3)=C2)c2ccc(CCCC)cc2)cc1. The van der Waals surface area contributed by atoms with Gasteiger partial charge in [-0.05, 0) is 118 Å². The van der Waals surface area contributed by atoms with Gasteiger partial charge < -0.3 is 10.0 Å². The van der Waals surface area contributed by atoms with E-state index in [9.17, 15) is 16.8 Å². The molecule has 7 rings (SSSR count). The number of carbonyl (C=O) groups excluding carboxylic acids is 1. The number of ketones is 1. The summed E-state index contributed by atoms with van der Waals surface area (Å²) in [4.78, 5) is 17.4. The van der Waals surface area contributed by atoms with Crippen molar-refractivity contribution in [3.63, 3.8) is 0 Å². The van der Waals surface area contributed by atoms with Crippen LogP contribution < -0.4 is 24.0 Å². The Bertz CT molecular complexity index is 3190. The molecule has 12 heteroatoms. The number of nitrogens with zero attached hydrogens (tertiary/aromatic N) is 2. The number of Topliss-reactive ketones (excluding diaryl/α,β-unsaturated/α-hetero) is 1. The van der Waals surface area contributed by atoms with Crippen molar-refractivity contribution < 1.29 is 26.7 Å². The second kappa shape index (κ2) is 27.4. The van der Waals surface area contributed by atoms with Gasteiger partial charge in [-0.2, -0.15) is 4.58 Å². The molecule has 2 aliphatic rings. The Hall–Kier alpha value is -6.50. The van der Waals surface area contributed by atoms with Gasteiger partial charge in [-0.1, -0.05) is 164 Å². The fourth-order valence-corrected chi connectivity index (χ4v) is 12.4. The van der Waals surface area contributed by atoms with Gasteiger partial charge in [-0.15, -0.1) is 0 Å². The summed E-state index contributed by atoms with van der Waals surface area (Å²) in [6.45, 7) is 18.5. The zero-order valence-electron chi connectivity index (χ0n) is 47.3. The molecule has 78 heavy (non-hydrogen) atoms. The second-order valence-corrected chi connectivity index (χ2v) is 24.7. The monoisotopic (exact) mass is 1090 g/mol. The highest BCUT2D eigenvalue weighted by Gasteiger charge is 2.36. The van der Waals surface area contributed by atoms with Crippen molar-refractivity contribution in [1.29, 1.82) is 0 Å². The fraction of sp³-hybridized carbons (Fsp3) is 0.394. The van der Waals surface area contributed by atoms with Crippen LogP contribution in [0.15, 0.2) is 166 Å². The molecule has 0 bridgehead atoms. The lowest BCUT2D eigenvalue weighted by molar-refractivity contribution is -0.297. The highest BCUT2D eigenvalue weighted by molar-refractivity contribution is 7.92. The number of rotatable bonds is 28. The zero-order valence-corrected chi connectivity index (χ0v) is 49.0. The summed E-state index contributed by atoms with van der Waals surface area (Å²) in [5, 5.41) is 15.0. The molecular formula is C66H82N4O6S2. The maximum Gasteiger partial charge on any atom is 0.261 e. The predicted molar refractivity (Wildman–Crippen MR) is 322 cm³/mol. The van der Waals surface area contributed by atoms with E-state index < -0.39 is 31.6 Å². The molecule has 0 heterocycles. The number of hydrogen-bond acceptors (Lipinski definition) is 7. The number of allylic oxidation sites excluding steroid dienone is 5. The first-order valence-electron chi connectivity index (χ1n) is 28.6. The predicted octanol–water partition coefficient (Wildman–Crippen LogP) is 14.4. The number of sulfonamides is 2. The van der Waals surface area contributed by atoms with Gasteiger partial charge in [0.15, 0.2) is 5.78 Å². The quantitative estimate of drug-likeness (QED) is 0.0376. The number of hydrogen-bond donors (Lipinski definition) is 2. The zero-order chi connectivity index (χ0) is 56.0. The average Bonchev–Trinajstić information content (AvgIpc) is 3.58. The molecular weight excluding hydrogens is 1010 g/mol. The van der Waals surface area contributed by atoms with E-state index in [-0.39, 0.29) is 43.5 Å². The third-order valence-corrected chi connectivity index (χ3v) is 18.1. The lowest BCUT2D eigenvalue weighted by Crippen LogP contribution is -2.35. The number of aryl methyl sites for hydroxylation is 4. The summed E-state index contributed by atoms with van der Waals surface area (Å²) < 4.78 is 65.2. The van der Waals surface area contributed by atoms with E-state index in [1.807, 2.05) is 24.5 Å². The summed E-state index contributed by atoms with van der Waals surface area (Å²) in [7, 11) is -8.48. The van der Waals surface area contributed by atoms with Crippen molar-refractivity contribution >= 4 is 59.9 Å². The Labute approximate surface area is 466 Å². The third kappa shape index (κ3) is 14.6. The van der Waals surface area contributed by atoms with Crippen LogP contribution in [-0.4, -0.2) is 41.4 Å². The minimum absolute atomic E-state index is 0.0148.